The molecule has 0 amide bonds. The van der Waals surface area contributed by atoms with Crippen LogP contribution in [0.25, 0.3) is 0 Å². The fraction of sp³-hybridized carbons (Fsp3) is 0.800. The number of hydrogen-bond donors (Lipinski definition) is 0. The van der Waals surface area contributed by atoms with E-state index in [0.717, 1.165) is 23.7 Å². The summed E-state index contributed by atoms with van der Waals surface area (Å²) < 4.78 is 0. The van der Waals surface area contributed by atoms with E-state index in [2.05, 4.69) is 39.8 Å². The maximum atomic E-state index is 2.60. The van der Waals surface area contributed by atoms with Crippen LogP contribution in [0.2, 0.25) is 0 Å². The fourth-order valence-corrected chi connectivity index (χ4v) is 5.80. The molecule has 0 heteroatoms. The van der Waals surface area contributed by atoms with Crippen molar-refractivity contribution in [1.29, 1.82) is 0 Å². The normalized spacial score (nSPS) is 43.0. The third-order valence-electron chi connectivity index (χ3n) is 7.87. The smallest absolute Gasteiger partial charge is 0.0146 e. The lowest BCUT2D eigenvalue weighted by Crippen LogP contribution is -2.49. The highest BCUT2D eigenvalue weighted by atomic mass is 14.6. The van der Waals surface area contributed by atoms with Gasteiger partial charge in [-0.3, -0.25) is 0 Å². The summed E-state index contributed by atoms with van der Waals surface area (Å²) >= 11 is 0. The largest absolute Gasteiger partial charge is 0.0847 e. The third-order valence-corrected chi connectivity index (χ3v) is 7.87. The van der Waals surface area contributed by atoms with Gasteiger partial charge in [-0.05, 0) is 73.0 Å². The van der Waals surface area contributed by atoms with Gasteiger partial charge in [0.25, 0.3) is 0 Å². The summed E-state index contributed by atoms with van der Waals surface area (Å²) in [5.41, 5.74) is 4.81. The van der Waals surface area contributed by atoms with Crippen molar-refractivity contribution in [3.63, 3.8) is 0 Å². The van der Waals surface area contributed by atoms with E-state index in [4.69, 9.17) is 0 Å². The van der Waals surface area contributed by atoms with E-state index < -0.39 is 0 Å². The van der Waals surface area contributed by atoms with E-state index in [1.165, 1.54) is 38.5 Å². The Labute approximate surface area is 124 Å². The van der Waals surface area contributed by atoms with Gasteiger partial charge in [0.2, 0.25) is 0 Å². The number of fused-ring (bicyclic) bond motifs is 2. The van der Waals surface area contributed by atoms with Gasteiger partial charge in [0.05, 0.1) is 0 Å². The van der Waals surface area contributed by atoms with Gasteiger partial charge in [-0.2, -0.15) is 0 Å². The first kappa shape index (κ1) is 13.2. The van der Waals surface area contributed by atoms with Gasteiger partial charge >= 0.3 is 0 Å². The SMILES string of the molecule is CC1(C)[C@@H]2CC=C(CCC3=CC[C@@H]4C[C@H]3C4(C)C)[C@H]1C2. The number of allylic oxidation sites excluding steroid dienone is 4. The van der Waals surface area contributed by atoms with Crippen LogP contribution in [-0.2, 0) is 0 Å². The maximum Gasteiger partial charge on any atom is -0.0146 e. The molecule has 0 spiro atoms. The second-order valence-electron chi connectivity index (χ2n) is 9.14. The van der Waals surface area contributed by atoms with Crippen LogP contribution in [0.1, 0.15) is 66.2 Å². The van der Waals surface area contributed by atoms with Crippen LogP contribution in [0.15, 0.2) is 23.3 Å². The second kappa shape index (κ2) is 4.02. The highest BCUT2D eigenvalue weighted by Gasteiger charge is 2.52. The van der Waals surface area contributed by atoms with Crippen LogP contribution in [-0.4, -0.2) is 0 Å². The van der Waals surface area contributed by atoms with Crippen molar-refractivity contribution in [3.8, 4) is 0 Å². The quantitative estimate of drug-likeness (QED) is 0.573. The lowest BCUT2D eigenvalue weighted by atomic mass is 9.47. The molecule has 2 saturated carbocycles. The molecule has 0 radical (unpaired) electrons. The van der Waals surface area contributed by atoms with Crippen LogP contribution >= 0.6 is 0 Å². The molecule has 4 bridgehead atoms. The average Bonchev–Trinajstić information content (AvgIpc) is 2.45. The van der Waals surface area contributed by atoms with Gasteiger partial charge in [-0.1, -0.05) is 51.0 Å². The minimum absolute atomic E-state index is 0.603. The van der Waals surface area contributed by atoms with Gasteiger partial charge in [0.1, 0.15) is 0 Å². The topological polar surface area (TPSA) is 0 Å². The number of rotatable bonds is 3. The Morgan fingerprint density at radius 1 is 0.800 bits per heavy atom. The van der Waals surface area contributed by atoms with Crippen LogP contribution in [0, 0.1) is 34.5 Å². The molecule has 0 saturated heterocycles. The van der Waals surface area contributed by atoms with Crippen LogP contribution in [0.5, 0.6) is 0 Å². The first-order valence-corrected chi connectivity index (χ1v) is 8.78. The molecule has 110 valence electrons. The first-order valence-electron chi connectivity index (χ1n) is 8.78. The van der Waals surface area contributed by atoms with Crippen molar-refractivity contribution in [2.24, 2.45) is 34.5 Å². The molecule has 0 aromatic carbocycles. The van der Waals surface area contributed by atoms with Crippen LogP contribution in [0.3, 0.4) is 0 Å². The van der Waals surface area contributed by atoms with E-state index in [-0.39, 0.29) is 0 Å². The molecule has 0 N–H and O–H groups in total. The monoisotopic (exact) mass is 270 g/mol. The zero-order valence-corrected chi connectivity index (χ0v) is 13.7. The van der Waals surface area contributed by atoms with Crippen molar-refractivity contribution >= 4 is 0 Å². The Morgan fingerprint density at radius 3 is 1.50 bits per heavy atom. The molecule has 0 aromatic rings. The van der Waals surface area contributed by atoms with E-state index in [1.807, 2.05) is 0 Å². The summed E-state index contributed by atoms with van der Waals surface area (Å²) in [6.45, 7) is 9.99. The first-order chi connectivity index (χ1) is 9.40. The lowest BCUT2D eigenvalue weighted by Gasteiger charge is -2.58. The Bertz CT molecular complexity index is 442. The van der Waals surface area contributed by atoms with Crippen molar-refractivity contribution in [2.75, 3.05) is 0 Å². The molecule has 20 heavy (non-hydrogen) atoms. The molecule has 4 atom stereocenters. The van der Waals surface area contributed by atoms with Crippen LogP contribution < -0.4 is 0 Å². The molecule has 2 fully saturated rings. The molecule has 6 rings (SSSR count). The molecule has 6 aliphatic carbocycles. The lowest BCUT2D eigenvalue weighted by molar-refractivity contribution is -0.0132. The predicted molar refractivity (Wildman–Crippen MR) is 85.4 cm³/mol. The highest BCUT2D eigenvalue weighted by molar-refractivity contribution is 5.27. The predicted octanol–water partition coefficient (Wildman–Crippen LogP) is 5.75. The molecular formula is C20H30. The van der Waals surface area contributed by atoms with Crippen LogP contribution in [0.4, 0.5) is 0 Å². The van der Waals surface area contributed by atoms with Crippen molar-refractivity contribution in [2.45, 2.75) is 66.2 Å². The molecular weight excluding hydrogens is 240 g/mol. The Hall–Kier alpha value is -0.520. The zero-order chi connectivity index (χ0) is 14.1. The van der Waals surface area contributed by atoms with E-state index >= 15 is 0 Å². The standard InChI is InChI=1S/C20H30/c1-19(2)15-9-7-13(17(19)11-15)5-6-14-8-10-16-12-18(14)20(16,3)4/h7-8,15-18H,5-6,9-12H2,1-4H3/t15-,16-,17-,18-/m1/s1. The van der Waals surface area contributed by atoms with Gasteiger partial charge in [0, 0.05) is 0 Å². The summed E-state index contributed by atoms with van der Waals surface area (Å²) in [6.07, 6.45) is 13.6. The zero-order valence-electron chi connectivity index (χ0n) is 13.7. The second-order valence-corrected chi connectivity index (χ2v) is 9.14. The van der Waals surface area contributed by atoms with Crippen molar-refractivity contribution in [3.05, 3.63) is 23.3 Å². The Kier molecular flexibility index (Phi) is 2.65. The van der Waals surface area contributed by atoms with Gasteiger partial charge in [-0.25, -0.2) is 0 Å². The molecule has 0 aliphatic heterocycles. The molecule has 0 nitrogen and oxygen atoms in total. The van der Waals surface area contributed by atoms with Crippen molar-refractivity contribution in [1.82, 2.24) is 0 Å². The highest BCUT2D eigenvalue weighted by Crippen LogP contribution is 2.62. The Morgan fingerprint density at radius 2 is 1.20 bits per heavy atom. The Balaban J connectivity index is 1.42. The summed E-state index contributed by atoms with van der Waals surface area (Å²) in [5, 5.41) is 0. The minimum Gasteiger partial charge on any atom is -0.0847 e. The maximum absolute atomic E-state index is 2.60. The van der Waals surface area contributed by atoms with Gasteiger partial charge in [0.15, 0.2) is 0 Å². The summed E-state index contributed by atoms with van der Waals surface area (Å²) in [5.74, 6) is 3.79. The summed E-state index contributed by atoms with van der Waals surface area (Å²) in [7, 11) is 0. The summed E-state index contributed by atoms with van der Waals surface area (Å²) in [4.78, 5) is 0. The van der Waals surface area contributed by atoms with Crippen molar-refractivity contribution < 1.29 is 0 Å². The van der Waals surface area contributed by atoms with E-state index in [9.17, 15) is 0 Å². The average molecular weight is 270 g/mol. The molecule has 0 unspecified atom stereocenters. The summed E-state index contributed by atoms with van der Waals surface area (Å²) in [6, 6.07) is 0. The molecule has 0 heterocycles. The van der Waals surface area contributed by atoms with E-state index in [1.54, 1.807) is 11.1 Å². The van der Waals surface area contributed by atoms with E-state index in [0.29, 0.717) is 10.8 Å². The molecule has 6 aliphatic rings. The molecule has 0 aromatic heterocycles. The van der Waals surface area contributed by atoms with Gasteiger partial charge < -0.3 is 0 Å². The minimum atomic E-state index is 0.603. The third kappa shape index (κ3) is 1.60. The fourth-order valence-electron chi connectivity index (χ4n) is 5.80. The van der Waals surface area contributed by atoms with Gasteiger partial charge in [-0.15, -0.1) is 0 Å². The number of hydrogen-bond acceptors (Lipinski definition) is 0.